The lowest BCUT2D eigenvalue weighted by Crippen LogP contribution is -2.49. The van der Waals surface area contributed by atoms with Crippen LogP contribution in [0.4, 0.5) is 0 Å². The van der Waals surface area contributed by atoms with Crippen LogP contribution in [0.2, 0.25) is 0 Å². The molecule has 11 nitrogen and oxygen atoms in total. The SMILES string of the molecule is CC[C@@H](NC(=O)[C@@H](Cc1ccccc1)NC(=O)CC[C@H]1O[C@@H](n2ccc(=O)[nH]c2=O)[C@H](O)[C@@H]1O)c1ccccc1. The van der Waals surface area contributed by atoms with Gasteiger partial charge in [0.2, 0.25) is 11.8 Å². The molecule has 2 amide bonds. The van der Waals surface area contributed by atoms with E-state index >= 15 is 0 Å². The number of aromatic nitrogens is 2. The number of carbonyl (C=O) groups is 2. The molecule has 1 aromatic heterocycles. The number of nitrogens with one attached hydrogen (secondary N) is 3. The van der Waals surface area contributed by atoms with Gasteiger partial charge in [0.25, 0.3) is 5.56 Å². The first-order valence-electron chi connectivity index (χ1n) is 13.3. The summed E-state index contributed by atoms with van der Waals surface area (Å²) >= 11 is 0. The number of hydrogen-bond donors (Lipinski definition) is 5. The maximum atomic E-state index is 13.4. The Kier molecular flexibility index (Phi) is 9.65. The zero-order valence-corrected chi connectivity index (χ0v) is 22.1. The molecule has 0 radical (unpaired) electrons. The number of ether oxygens (including phenoxy) is 1. The predicted molar refractivity (Wildman–Crippen MR) is 146 cm³/mol. The third kappa shape index (κ3) is 7.12. The van der Waals surface area contributed by atoms with Gasteiger partial charge >= 0.3 is 5.69 Å². The summed E-state index contributed by atoms with van der Waals surface area (Å²) in [5.41, 5.74) is 0.441. The van der Waals surface area contributed by atoms with Crippen LogP contribution in [-0.4, -0.2) is 55.9 Å². The lowest BCUT2D eigenvalue weighted by atomic mass is 10.0. The predicted octanol–water partition coefficient (Wildman–Crippen LogP) is 0.931. The Bertz CT molecular complexity index is 1390. The van der Waals surface area contributed by atoms with Crippen LogP contribution in [0.1, 0.15) is 49.6 Å². The van der Waals surface area contributed by atoms with E-state index < -0.39 is 47.7 Å². The van der Waals surface area contributed by atoms with Gasteiger partial charge in [0, 0.05) is 25.1 Å². The van der Waals surface area contributed by atoms with Crippen molar-refractivity contribution in [2.45, 2.75) is 69.2 Å². The first kappa shape index (κ1) is 28.9. The molecule has 0 aliphatic carbocycles. The van der Waals surface area contributed by atoms with Crippen LogP contribution in [0.5, 0.6) is 0 Å². The van der Waals surface area contributed by atoms with Crippen molar-refractivity contribution in [1.29, 1.82) is 0 Å². The molecule has 2 heterocycles. The van der Waals surface area contributed by atoms with Gasteiger partial charge in [0.05, 0.1) is 12.1 Å². The molecule has 212 valence electrons. The van der Waals surface area contributed by atoms with Gasteiger partial charge < -0.3 is 25.6 Å². The number of benzene rings is 2. The van der Waals surface area contributed by atoms with E-state index in [1.165, 1.54) is 6.20 Å². The lowest BCUT2D eigenvalue weighted by Gasteiger charge is -2.24. The minimum Gasteiger partial charge on any atom is -0.388 e. The van der Waals surface area contributed by atoms with Crippen molar-refractivity contribution in [2.24, 2.45) is 0 Å². The summed E-state index contributed by atoms with van der Waals surface area (Å²) in [7, 11) is 0. The molecule has 5 N–H and O–H groups in total. The molecule has 0 bridgehead atoms. The van der Waals surface area contributed by atoms with Gasteiger partial charge in [-0.15, -0.1) is 0 Å². The molecule has 4 rings (SSSR count). The summed E-state index contributed by atoms with van der Waals surface area (Å²) in [5, 5.41) is 26.8. The van der Waals surface area contributed by atoms with Crippen molar-refractivity contribution in [1.82, 2.24) is 20.2 Å². The molecule has 3 aromatic rings. The maximum absolute atomic E-state index is 13.4. The molecular weight excluding hydrogens is 516 g/mol. The van der Waals surface area contributed by atoms with Crippen molar-refractivity contribution < 1.29 is 24.5 Å². The second kappa shape index (κ2) is 13.3. The fraction of sp³-hybridized carbons (Fsp3) is 0.379. The number of aliphatic hydroxyl groups excluding tert-OH is 2. The summed E-state index contributed by atoms with van der Waals surface area (Å²) in [4.78, 5) is 51.9. The molecule has 0 unspecified atom stereocenters. The number of amides is 2. The minimum absolute atomic E-state index is 0.0277. The van der Waals surface area contributed by atoms with Gasteiger partial charge in [-0.3, -0.25) is 23.9 Å². The molecule has 40 heavy (non-hydrogen) atoms. The monoisotopic (exact) mass is 550 g/mol. The number of nitrogens with zero attached hydrogens (tertiary/aromatic N) is 1. The molecule has 1 aliphatic rings. The topological polar surface area (TPSA) is 163 Å². The van der Waals surface area contributed by atoms with Gasteiger partial charge in [-0.25, -0.2) is 4.79 Å². The lowest BCUT2D eigenvalue weighted by molar-refractivity contribution is -0.130. The van der Waals surface area contributed by atoms with Crippen molar-refractivity contribution >= 4 is 11.8 Å². The fourth-order valence-corrected chi connectivity index (χ4v) is 4.80. The quantitative estimate of drug-likeness (QED) is 0.237. The van der Waals surface area contributed by atoms with Crippen molar-refractivity contribution in [3.05, 3.63) is 105 Å². The van der Waals surface area contributed by atoms with Gasteiger partial charge in [0.15, 0.2) is 6.23 Å². The second-order valence-electron chi connectivity index (χ2n) is 9.79. The van der Waals surface area contributed by atoms with E-state index in [0.717, 1.165) is 21.8 Å². The van der Waals surface area contributed by atoms with Gasteiger partial charge in [-0.1, -0.05) is 67.6 Å². The molecule has 2 aromatic carbocycles. The normalized spacial score (nSPS) is 21.9. The van der Waals surface area contributed by atoms with E-state index in [9.17, 15) is 29.4 Å². The van der Waals surface area contributed by atoms with E-state index in [4.69, 9.17) is 4.74 Å². The molecule has 6 atom stereocenters. The second-order valence-corrected chi connectivity index (χ2v) is 9.79. The van der Waals surface area contributed by atoms with Crippen LogP contribution in [0.25, 0.3) is 0 Å². The van der Waals surface area contributed by atoms with Crippen LogP contribution < -0.4 is 21.9 Å². The molecule has 1 saturated heterocycles. The van der Waals surface area contributed by atoms with Crippen LogP contribution in [0, 0.1) is 0 Å². The third-order valence-corrected chi connectivity index (χ3v) is 6.98. The molecule has 0 spiro atoms. The Morgan fingerprint density at radius 2 is 1.65 bits per heavy atom. The molecular formula is C29H34N4O7. The smallest absolute Gasteiger partial charge is 0.330 e. The summed E-state index contributed by atoms with van der Waals surface area (Å²) in [6.45, 7) is 1.97. The van der Waals surface area contributed by atoms with Crippen LogP contribution in [-0.2, 0) is 20.7 Å². The number of rotatable bonds is 11. The first-order valence-corrected chi connectivity index (χ1v) is 13.3. The van der Waals surface area contributed by atoms with Crippen LogP contribution in [0.15, 0.2) is 82.5 Å². The number of aromatic amines is 1. The first-order chi connectivity index (χ1) is 19.3. The zero-order chi connectivity index (χ0) is 28.6. The number of carbonyl (C=O) groups excluding carboxylic acids is 2. The molecule has 11 heteroatoms. The highest BCUT2D eigenvalue weighted by molar-refractivity contribution is 5.88. The Hall–Kier alpha value is -4.06. The maximum Gasteiger partial charge on any atom is 0.330 e. The van der Waals surface area contributed by atoms with E-state index in [-0.39, 0.29) is 31.2 Å². The average Bonchev–Trinajstić information content (AvgIpc) is 3.24. The number of aliphatic hydroxyl groups is 2. The van der Waals surface area contributed by atoms with Crippen LogP contribution >= 0.6 is 0 Å². The highest BCUT2D eigenvalue weighted by atomic mass is 16.6. The average molecular weight is 551 g/mol. The molecule has 1 fully saturated rings. The summed E-state index contributed by atoms with van der Waals surface area (Å²) < 4.78 is 6.67. The van der Waals surface area contributed by atoms with Crippen molar-refractivity contribution in [3.63, 3.8) is 0 Å². The van der Waals surface area contributed by atoms with Crippen molar-refractivity contribution in [2.75, 3.05) is 0 Å². The van der Waals surface area contributed by atoms with Gasteiger partial charge in [-0.05, 0) is 24.0 Å². The number of H-pyrrole nitrogens is 1. The zero-order valence-electron chi connectivity index (χ0n) is 22.1. The molecule has 0 saturated carbocycles. The van der Waals surface area contributed by atoms with Gasteiger partial charge in [-0.2, -0.15) is 0 Å². The van der Waals surface area contributed by atoms with Crippen LogP contribution in [0.3, 0.4) is 0 Å². The Balaban J connectivity index is 1.40. The minimum atomic E-state index is -1.45. The largest absolute Gasteiger partial charge is 0.388 e. The Morgan fingerprint density at radius 1 is 0.975 bits per heavy atom. The highest BCUT2D eigenvalue weighted by Gasteiger charge is 2.44. The summed E-state index contributed by atoms with van der Waals surface area (Å²) in [5.74, 6) is -0.753. The van der Waals surface area contributed by atoms with Gasteiger partial charge in [0.1, 0.15) is 18.2 Å². The summed E-state index contributed by atoms with van der Waals surface area (Å²) in [6.07, 6.45) is -2.95. The standard InChI is InChI=1S/C29H34N4O7/c1-2-20(19-11-7-4-8-12-19)31-27(38)21(17-18-9-5-3-6-10-18)30-23(34)14-13-22-25(36)26(37)28(40-22)33-16-15-24(35)32-29(33)39/h3-12,15-16,20-22,25-26,28,36-37H,2,13-14,17H2,1H3,(H,30,34)(H,31,38)(H,32,35,39)/t20-,21-,22-,25-,26-,28-/m1/s1. The van der Waals surface area contributed by atoms with E-state index in [2.05, 4.69) is 15.6 Å². The Labute approximate surface area is 230 Å². The summed E-state index contributed by atoms with van der Waals surface area (Å²) in [6, 6.07) is 19.0. The Morgan fingerprint density at radius 3 is 2.30 bits per heavy atom. The number of hydrogen-bond acceptors (Lipinski definition) is 7. The third-order valence-electron chi connectivity index (χ3n) is 6.98. The van der Waals surface area contributed by atoms with E-state index in [1.807, 2.05) is 67.6 Å². The van der Waals surface area contributed by atoms with E-state index in [0.29, 0.717) is 6.42 Å². The van der Waals surface area contributed by atoms with Crippen molar-refractivity contribution in [3.8, 4) is 0 Å². The highest BCUT2D eigenvalue weighted by Crippen LogP contribution is 2.30. The fourth-order valence-electron chi connectivity index (χ4n) is 4.80. The van der Waals surface area contributed by atoms with E-state index in [1.54, 1.807) is 0 Å². The molecule has 1 aliphatic heterocycles.